The number of nitrogens with zero attached hydrogens (tertiary/aromatic N) is 1. The lowest BCUT2D eigenvalue weighted by Gasteiger charge is -2.16. The molecule has 0 atom stereocenters. The quantitative estimate of drug-likeness (QED) is 0.835. The fraction of sp³-hybridized carbons (Fsp3) is 0.429. The topological polar surface area (TPSA) is 57.6 Å². The van der Waals surface area contributed by atoms with Crippen molar-refractivity contribution < 1.29 is 13.5 Å². The molecular formula is C14H17NO3S. The molecule has 0 aliphatic heterocycles. The van der Waals surface area contributed by atoms with Crippen LogP contribution in [0.5, 0.6) is 0 Å². The van der Waals surface area contributed by atoms with Crippen molar-refractivity contribution in [3.8, 4) is 11.8 Å². The number of benzene rings is 1. The van der Waals surface area contributed by atoms with Gasteiger partial charge in [0, 0.05) is 19.2 Å². The van der Waals surface area contributed by atoms with Crippen molar-refractivity contribution in [3.05, 3.63) is 35.4 Å². The molecule has 0 aromatic heterocycles. The van der Waals surface area contributed by atoms with E-state index in [4.69, 9.17) is 5.11 Å². The Labute approximate surface area is 114 Å². The summed E-state index contributed by atoms with van der Waals surface area (Å²) in [7, 11) is -1.50. The fourth-order valence-corrected chi connectivity index (χ4v) is 3.37. The van der Waals surface area contributed by atoms with Gasteiger partial charge in [-0.3, -0.25) is 0 Å². The Morgan fingerprint density at radius 2 is 1.95 bits per heavy atom. The average molecular weight is 279 g/mol. The Morgan fingerprint density at radius 3 is 2.47 bits per heavy atom. The van der Waals surface area contributed by atoms with Crippen LogP contribution in [-0.4, -0.2) is 36.7 Å². The summed E-state index contributed by atoms with van der Waals surface area (Å²) in [4.78, 5) is 0. The molecule has 4 nitrogen and oxygen atoms in total. The highest BCUT2D eigenvalue weighted by Gasteiger charge is 2.38. The minimum atomic E-state index is -3.12. The zero-order valence-corrected chi connectivity index (χ0v) is 11.7. The van der Waals surface area contributed by atoms with E-state index in [1.54, 1.807) is 7.05 Å². The first kappa shape index (κ1) is 14.1. The van der Waals surface area contributed by atoms with Gasteiger partial charge in [-0.2, -0.15) is 0 Å². The van der Waals surface area contributed by atoms with Gasteiger partial charge in [-0.15, -0.1) is 0 Å². The fourth-order valence-electron chi connectivity index (χ4n) is 1.80. The Morgan fingerprint density at radius 1 is 1.32 bits per heavy atom. The molecule has 102 valence electrons. The summed E-state index contributed by atoms with van der Waals surface area (Å²) in [6.45, 7) is 0.219. The number of rotatable bonds is 4. The molecule has 1 aliphatic rings. The Balaban J connectivity index is 2.03. The molecule has 0 bridgehead atoms. The van der Waals surface area contributed by atoms with Crippen LogP contribution in [0.1, 0.15) is 24.0 Å². The van der Waals surface area contributed by atoms with E-state index in [2.05, 4.69) is 11.8 Å². The largest absolute Gasteiger partial charge is 0.384 e. The van der Waals surface area contributed by atoms with Crippen molar-refractivity contribution in [2.24, 2.45) is 0 Å². The highest BCUT2D eigenvalue weighted by molar-refractivity contribution is 7.90. The molecule has 19 heavy (non-hydrogen) atoms. The summed E-state index contributed by atoms with van der Waals surface area (Å²) >= 11 is 0. The molecular weight excluding hydrogens is 262 g/mol. The third-order valence-corrected chi connectivity index (χ3v) is 5.36. The van der Waals surface area contributed by atoms with E-state index in [0.29, 0.717) is 6.54 Å². The average Bonchev–Trinajstić information content (AvgIpc) is 3.22. The molecule has 0 radical (unpaired) electrons. The highest BCUT2D eigenvalue weighted by Crippen LogP contribution is 2.30. The van der Waals surface area contributed by atoms with Gasteiger partial charge in [0.2, 0.25) is 10.0 Å². The van der Waals surface area contributed by atoms with Crippen LogP contribution in [0.4, 0.5) is 0 Å². The van der Waals surface area contributed by atoms with E-state index in [0.717, 1.165) is 24.0 Å². The van der Waals surface area contributed by atoms with E-state index in [9.17, 15) is 8.42 Å². The molecule has 1 fully saturated rings. The van der Waals surface area contributed by atoms with Gasteiger partial charge in [0.05, 0.1) is 5.25 Å². The van der Waals surface area contributed by atoms with Crippen LogP contribution >= 0.6 is 0 Å². The molecule has 0 heterocycles. The first-order valence-electron chi connectivity index (χ1n) is 6.18. The van der Waals surface area contributed by atoms with Crippen molar-refractivity contribution in [2.45, 2.75) is 24.6 Å². The van der Waals surface area contributed by atoms with Gasteiger partial charge in [0.25, 0.3) is 0 Å². The Bertz CT molecular complexity index is 592. The van der Waals surface area contributed by atoms with E-state index >= 15 is 0 Å². The summed E-state index contributed by atoms with van der Waals surface area (Å²) in [5.41, 5.74) is 1.74. The molecule has 5 heteroatoms. The van der Waals surface area contributed by atoms with Crippen molar-refractivity contribution in [2.75, 3.05) is 13.7 Å². The second-order valence-corrected chi connectivity index (χ2v) is 6.98. The molecule has 1 saturated carbocycles. The standard InChI is InChI=1S/C14H17NO3S/c1-15(19(17,18)14-8-9-14)11-13-6-4-12(5-7-13)3-2-10-16/h4-7,14,16H,8-11H2,1H3. The lowest BCUT2D eigenvalue weighted by molar-refractivity contribution is 0.350. The maximum absolute atomic E-state index is 12.0. The first-order chi connectivity index (χ1) is 9.04. The second-order valence-electron chi connectivity index (χ2n) is 4.66. The zero-order valence-electron chi connectivity index (χ0n) is 10.8. The third kappa shape index (κ3) is 3.57. The third-order valence-electron chi connectivity index (χ3n) is 3.05. The normalized spacial score (nSPS) is 15.1. The number of aliphatic hydroxyl groups is 1. The number of aliphatic hydroxyl groups excluding tert-OH is 1. The molecule has 1 aromatic carbocycles. The van der Waals surface area contributed by atoms with Crippen LogP contribution < -0.4 is 0 Å². The van der Waals surface area contributed by atoms with Gasteiger partial charge < -0.3 is 5.11 Å². The van der Waals surface area contributed by atoms with Crippen molar-refractivity contribution in [3.63, 3.8) is 0 Å². The maximum atomic E-state index is 12.0. The van der Waals surface area contributed by atoms with Crippen LogP contribution in [-0.2, 0) is 16.6 Å². The van der Waals surface area contributed by atoms with Gasteiger partial charge in [-0.25, -0.2) is 12.7 Å². The van der Waals surface area contributed by atoms with Gasteiger partial charge >= 0.3 is 0 Å². The zero-order chi connectivity index (χ0) is 13.9. The van der Waals surface area contributed by atoms with Gasteiger partial charge in [-0.1, -0.05) is 24.0 Å². The van der Waals surface area contributed by atoms with Crippen LogP contribution in [0.25, 0.3) is 0 Å². The van der Waals surface area contributed by atoms with Gasteiger partial charge in [-0.05, 0) is 30.5 Å². The summed E-state index contributed by atoms with van der Waals surface area (Å²) in [6.07, 6.45) is 1.56. The molecule has 2 rings (SSSR count). The lowest BCUT2D eigenvalue weighted by atomic mass is 10.1. The number of hydrogen-bond donors (Lipinski definition) is 1. The maximum Gasteiger partial charge on any atom is 0.217 e. The number of sulfonamides is 1. The van der Waals surface area contributed by atoms with Crippen molar-refractivity contribution >= 4 is 10.0 Å². The predicted octanol–water partition coefficient (Wildman–Crippen LogP) is 0.954. The highest BCUT2D eigenvalue weighted by atomic mass is 32.2. The molecule has 0 saturated heterocycles. The monoisotopic (exact) mass is 279 g/mol. The van der Waals surface area contributed by atoms with E-state index in [1.807, 2.05) is 24.3 Å². The smallest absolute Gasteiger partial charge is 0.217 e. The second kappa shape index (κ2) is 5.74. The minimum absolute atomic E-state index is 0.163. The minimum Gasteiger partial charge on any atom is -0.384 e. The molecule has 0 unspecified atom stereocenters. The molecule has 0 spiro atoms. The predicted molar refractivity (Wildman–Crippen MR) is 73.8 cm³/mol. The first-order valence-corrected chi connectivity index (χ1v) is 7.68. The van der Waals surface area contributed by atoms with E-state index < -0.39 is 10.0 Å². The Hall–Kier alpha value is -1.35. The number of hydrogen-bond acceptors (Lipinski definition) is 3. The molecule has 1 aromatic rings. The SMILES string of the molecule is CN(Cc1ccc(C#CCO)cc1)S(=O)(=O)C1CC1. The van der Waals surface area contributed by atoms with Crippen LogP contribution in [0.2, 0.25) is 0 Å². The Kier molecular flexibility index (Phi) is 4.25. The summed E-state index contributed by atoms with van der Waals surface area (Å²) in [6, 6.07) is 7.38. The summed E-state index contributed by atoms with van der Waals surface area (Å²) < 4.78 is 25.4. The van der Waals surface area contributed by atoms with Crippen LogP contribution in [0.15, 0.2) is 24.3 Å². The lowest BCUT2D eigenvalue weighted by Crippen LogP contribution is -2.29. The van der Waals surface area contributed by atoms with Crippen molar-refractivity contribution in [1.82, 2.24) is 4.31 Å². The van der Waals surface area contributed by atoms with Gasteiger partial charge in [0.15, 0.2) is 0 Å². The van der Waals surface area contributed by atoms with Crippen molar-refractivity contribution in [1.29, 1.82) is 0 Å². The van der Waals surface area contributed by atoms with E-state index in [-0.39, 0.29) is 11.9 Å². The molecule has 1 aliphatic carbocycles. The van der Waals surface area contributed by atoms with Gasteiger partial charge in [0.1, 0.15) is 6.61 Å². The molecule has 1 N–H and O–H groups in total. The molecule has 0 amide bonds. The van der Waals surface area contributed by atoms with E-state index in [1.165, 1.54) is 4.31 Å². The summed E-state index contributed by atoms with van der Waals surface area (Å²) in [5, 5.41) is 8.43. The van der Waals surface area contributed by atoms with Crippen LogP contribution in [0, 0.1) is 11.8 Å². The summed E-state index contributed by atoms with van der Waals surface area (Å²) in [5.74, 6) is 5.37. The van der Waals surface area contributed by atoms with Crippen LogP contribution in [0.3, 0.4) is 0 Å².